The summed E-state index contributed by atoms with van der Waals surface area (Å²) < 4.78 is 0. The topological polar surface area (TPSA) is 41.1 Å². The first kappa shape index (κ1) is 15.7. The zero-order valence-electron chi connectivity index (χ0n) is 13.1. The van der Waals surface area contributed by atoms with Gasteiger partial charge in [-0.15, -0.1) is 0 Å². The van der Waals surface area contributed by atoms with E-state index in [0.29, 0.717) is 0 Å². The average molecular weight is 264 g/mol. The van der Waals surface area contributed by atoms with Crippen LogP contribution in [0, 0.1) is 6.92 Å². The average Bonchev–Trinajstić information content (AvgIpc) is 2.40. The van der Waals surface area contributed by atoms with Crippen molar-refractivity contribution in [1.82, 2.24) is 9.97 Å². The first-order valence-electron chi connectivity index (χ1n) is 7.46. The molecule has 0 saturated carbocycles. The van der Waals surface area contributed by atoms with E-state index in [1.165, 1.54) is 12.8 Å². The SMILES string of the molecule is CCCCN(C)c1nc(CCC)nc(NCC)c1C. The molecule has 0 aromatic carbocycles. The second-order valence-electron chi connectivity index (χ2n) is 4.99. The quantitative estimate of drug-likeness (QED) is 0.781. The van der Waals surface area contributed by atoms with Crippen molar-refractivity contribution in [1.29, 1.82) is 0 Å². The Hall–Kier alpha value is -1.32. The van der Waals surface area contributed by atoms with E-state index < -0.39 is 0 Å². The maximum absolute atomic E-state index is 4.73. The lowest BCUT2D eigenvalue weighted by Gasteiger charge is -2.22. The molecule has 1 rings (SSSR count). The lowest BCUT2D eigenvalue weighted by Crippen LogP contribution is -2.22. The molecule has 0 spiro atoms. The zero-order chi connectivity index (χ0) is 14.3. The number of nitrogens with one attached hydrogen (secondary N) is 1. The van der Waals surface area contributed by atoms with Gasteiger partial charge in [0.05, 0.1) is 0 Å². The fraction of sp³-hybridized carbons (Fsp3) is 0.733. The van der Waals surface area contributed by atoms with E-state index in [2.05, 4.69) is 49.9 Å². The Bertz CT molecular complexity index is 390. The molecule has 1 N–H and O–H groups in total. The van der Waals surface area contributed by atoms with E-state index in [1.807, 2.05) is 0 Å². The zero-order valence-corrected chi connectivity index (χ0v) is 13.1. The number of aromatic nitrogens is 2. The monoisotopic (exact) mass is 264 g/mol. The summed E-state index contributed by atoms with van der Waals surface area (Å²) in [5.74, 6) is 3.00. The van der Waals surface area contributed by atoms with E-state index >= 15 is 0 Å². The molecule has 0 fully saturated rings. The Kier molecular flexibility index (Phi) is 6.60. The number of aryl methyl sites for hydroxylation is 1. The van der Waals surface area contributed by atoms with Crippen LogP contribution in [0.3, 0.4) is 0 Å². The molecule has 0 bridgehead atoms. The molecular formula is C15H28N4. The minimum Gasteiger partial charge on any atom is -0.370 e. The van der Waals surface area contributed by atoms with Gasteiger partial charge in [-0.1, -0.05) is 20.3 Å². The summed E-state index contributed by atoms with van der Waals surface area (Å²) >= 11 is 0. The van der Waals surface area contributed by atoms with Crippen LogP contribution in [-0.2, 0) is 6.42 Å². The number of nitrogens with zero attached hydrogens (tertiary/aromatic N) is 3. The Labute approximate surface area is 117 Å². The number of rotatable bonds is 8. The van der Waals surface area contributed by atoms with Crippen molar-refractivity contribution >= 4 is 11.6 Å². The van der Waals surface area contributed by atoms with E-state index in [1.54, 1.807) is 0 Å². The molecule has 1 heterocycles. The summed E-state index contributed by atoms with van der Waals surface area (Å²) in [6, 6.07) is 0. The molecule has 4 nitrogen and oxygen atoms in total. The highest BCUT2D eigenvalue weighted by atomic mass is 15.2. The Morgan fingerprint density at radius 3 is 2.42 bits per heavy atom. The number of hydrogen-bond acceptors (Lipinski definition) is 4. The molecule has 0 aliphatic carbocycles. The van der Waals surface area contributed by atoms with Crippen molar-refractivity contribution in [3.05, 3.63) is 11.4 Å². The molecular weight excluding hydrogens is 236 g/mol. The van der Waals surface area contributed by atoms with Gasteiger partial charge >= 0.3 is 0 Å². The van der Waals surface area contributed by atoms with Crippen LogP contribution in [-0.4, -0.2) is 30.1 Å². The minimum absolute atomic E-state index is 0.890. The van der Waals surface area contributed by atoms with Crippen LogP contribution >= 0.6 is 0 Å². The van der Waals surface area contributed by atoms with Gasteiger partial charge in [-0.25, -0.2) is 9.97 Å². The van der Waals surface area contributed by atoms with Crippen molar-refractivity contribution in [2.45, 2.75) is 53.4 Å². The predicted molar refractivity (Wildman–Crippen MR) is 83.1 cm³/mol. The molecule has 0 amide bonds. The van der Waals surface area contributed by atoms with Crippen LogP contribution in [0.15, 0.2) is 0 Å². The van der Waals surface area contributed by atoms with Gasteiger partial charge in [-0.05, 0) is 26.7 Å². The van der Waals surface area contributed by atoms with Gasteiger partial charge in [0, 0.05) is 32.1 Å². The Morgan fingerprint density at radius 2 is 1.84 bits per heavy atom. The second kappa shape index (κ2) is 7.97. The summed E-state index contributed by atoms with van der Waals surface area (Å²) in [7, 11) is 2.12. The fourth-order valence-corrected chi connectivity index (χ4v) is 2.10. The van der Waals surface area contributed by atoms with Crippen LogP contribution < -0.4 is 10.2 Å². The molecule has 108 valence electrons. The summed E-state index contributed by atoms with van der Waals surface area (Å²) in [5.41, 5.74) is 1.15. The highest BCUT2D eigenvalue weighted by Crippen LogP contribution is 2.23. The van der Waals surface area contributed by atoms with Gasteiger partial charge < -0.3 is 10.2 Å². The molecule has 1 aromatic rings. The van der Waals surface area contributed by atoms with Crippen LogP contribution in [0.25, 0.3) is 0 Å². The third-order valence-corrected chi connectivity index (χ3v) is 3.19. The van der Waals surface area contributed by atoms with E-state index in [-0.39, 0.29) is 0 Å². The van der Waals surface area contributed by atoms with E-state index in [4.69, 9.17) is 4.98 Å². The standard InChI is InChI=1S/C15H28N4/c1-6-9-11-19(5)15-12(4)14(16-8-3)17-13(18-15)10-7-2/h6-11H2,1-5H3,(H,16,17,18). The summed E-state index contributed by atoms with van der Waals surface area (Å²) in [4.78, 5) is 11.6. The maximum Gasteiger partial charge on any atom is 0.137 e. The van der Waals surface area contributed by atoms with Crippen molar-refractivity contribution in [3.8, 4) is 0 Å². The molecule has 0 aliphatic heterocycles. The van der Waals surface area contributed by atoms with Gasteiger partial charge in [0.15, 0.2) is 0 Å². The number of unbranched alkanes of at least 4 members (excludes halogenated alkanes) is 1. The van der Waals surface area contributed by atoms with Crippen LogP contribution in [0.5, 0.6) is 0 Å². The largest absolute Gasteiger partial charge is 0.370 e. The van der Waals surface area contributed by atoms with E-state index in [9.17, 15) is 0 Å². The molecule has 0 aliphatic rings. The molecule has 0 saturated heterocycles. The minimum atomic E-state index is 0.890. The third kappa shape index (κ3) is 4.37. The normalized spacial score (nSPS) is 10.6. The molecule has 4 heteroatoms. The van der Waals surface area contributed by atoms with Gasteiger partial charge in [0.25, 0.3) is 0 Å². The second-order valence-corrected chi connectivity index (χ2v) is 4.99. The Balaban J connectivity index is 3.05. The van der Waals surface area contributed by atoms with Crippen molar-refractivity contribution in [2.75, 3.05) is 30.4 Å². The van der Waals surface area contributed by atoms with Crippen LogP contribution in [0.2, 0.25) is 0 Å². The molecule has 0 unspecified atom stereocenters. The summed E-state index contributed by atoms with van der Waals surface area (Å²) in [6.45, 7) is 10.5. The van der Waals surface area contributed by atoms with Crippen molar-refractivity contribution in [3.63, 3.8) is 0 Å². The molecule has 0 radical (unpaired) electrons. The van der Waals surface area contributed by atoms with Crippen molar-refractivity contribution < 1.29 is 0 Å². The van der Waals surface area contributed by atoms with Crippen molar-refractivity contribution in [2.24, 2.45) is 0 Å². The predicted octanol–water partition coefficient (Wildman–Crippen LogP) is 3.41. The smallest absolute Gasteiger partial charge is 0.137 e. The highest BCUT2D eigenvalue weighted by molar-refractivity contribution is 5.58. The first-order valence-corrected chi connectivity index (χ1v) is 7.46. The molecule has 0 atom stereocenters. The number of anilines is 2. The summed E-state index contributed by atoms with van der Waals surface area (Å²) in [6.07, 6.45) is 4.41. The van der Waals surface area contributed by atoms with Crippen LogP contribution in [0.1, 0.15) is 51.4 Å². The fourth-order valence-electron chi connectivity index (χ4n) is 2.10. The lowest BCUT2D eigenvalue weighted by molar-refractivity contribution is 0.746. The van der Waals surface area contributed by atoms with Gasteiger partial charge in [0.1, 0.15) is 17.5 Å². The maximum atomic E-state index is 4.73. The number of hydrogen-bond donors (Lipinski definition) is 1. The van der Waals surface area contributed by atoms with Gasteiger partial charge in [-0.2, -0.15) is 0 Å². The lowest BCUT2D eigenvalue weighted by atomic mass is 10.2. The first-order chi connectivity index (χ1) is 9.13. The van der Waals surface area contributed by atoms with E-state index in [0.717, 1.165) is 49.0 Å². The molecule has 19 heavy (non-hydrogen) atoms. The van der Waals surface area contributed by atoms with Gasteiger partial charge in [-0.3, -0.25) is 0 Å². The van der Waals surface area contributed by atoms with Gasteiger partial charge in [0.2, 0.25) is 0 Å². The highest BCUT2D eigenvalue weighted by Gasteiger charge is 2.13. The Morgan fingerprint density at radius 1 is 1.11 bits per heavy atom. The summed E-state index contributed by atoms with van der Waals surface area (Å²) in [5, 5.41) is 3.35. The third-order valence-electron chi connectivity index (χ3n) is 3.19. The molecule has 1 aromatic heterocycles. The van der Waals surface area contributed by atoms with Crippen LogP contribution in [0.4, 0.5) is 11.6 Å².